The molecule has 4 heterocycles. The van der Waals surface area contributed by atoms with Crippen LogP contribution in [0.2, 0.25) is 0 Å². The van der Waals surface area contributed by atoms with Gasteiger partial charge in [0.25, 0.3) is 0 Å². The molecule has 0 radical (unpaired) electrons. The fraction of sp³-hybridized carbons (Fsp3) is 0.357. The highest BCUT2D eigenvalue weighted by Crippen LogP contribution is 2.61. The Labute approximate surface area is 370 Å². The fourth-order valence-electron chi connectivity index (χ4n) is 10.0. The fourth-order valence-corrected chi connectivity index (χ4v) is 10.0. The highest BCUT2D eigenvalue weighted by molar-refractivity contribution is 6.12. The second kappa shape index (κ2) is 13.1. The number of aryl methyl sites for hydroxylation is 4. The summed E-state index contributed by atoms with van der Waals surface area (Å²) in [6.07, 6.45) is 0.0826. The van der Waals surface area contributed by atoms with Gasteiger partial charge in [-0.15, -0.1) is 0 Å². The number of hydrogen-bond donors (Lipinski definition) is 0. The number of nitrogens with zero attached hydrogens (tertiary/aromatic N) is 4. The summed E-state index contributed by atoms with van der Waals surface area (Å²) in [5.74, 6) is 2.84. The van der Waals surface area contributed by atoms with Gasteiger partial charge in [-0.25, -0.2) is 9.98 Å². The van der Waals surface area contributed by atoms with Gasteiger partial charge in [-0.3, -0.25) is 4.57 Å². The Kier molecular flexibility index (Phi) is 7.98. The van der Waals surface area contributed by atoms with E-state index < -0.39 is 22.9 Å². The van der Waals surface area contributed by atoms with E-state index in [0.717, 1.165) is 89.6 Å². The van der Waals surface area contributed by atoms with Gasteiger partial charge in [-0.05, 0) is 151 Å². The highest BCUT2D eigenvalue weighted by atomic mass is 16.5. The number of ether oxygens (including phenoxy) is 2. The van der Waals surface area contributed by atoms with Crippen molar-refractivity contribution in [2.45, 2.75) is 125 Å². The SMILES string of the molecule is [2H]C1([2H])c2cc(C)c(C)cc2[C@@]2(C)N=C(c3cc(N4c5ccc(C)cc5Oc5cc6c7cc(C)ccc7n(-c7cc(C(C)(C)C)ccn7)c6cc54)cc(C(C)(C)C)c3)O[C@@]12C(C)(C)C. The summed E-state index contributed by atoms with van der Waals surface area (Å²) in [4.78, 5) is 12.9. The van der Waals surface area contributed by atoms with Crippen LogP contribution in [0.4, 0.5) is 17.1 Å². The van der Waals surface area contributed by atoms with Crippen LogP contribution in [0.15, 0.2) is 102 Å². The van der Waals surface area contributed by atoms with E-state index in [0.29, 0.717) is 11.5 Å². The first-order chi connectivity index (χ1) is 29.8. The third-order valence-corrected chi connectivity index (χ3v) is 13.7. The van der Waals surface area contributed by atoms with Crippen LogP contribution in [0, 0.1) is 33.1 Å². The zero-order valence-electron chi connectivity index (χ0n) is 40.8. The minimum Gasteiger partial charge on any atom is -0.467 e. The number of benzene rings is 5. The van der Waals surface area contributed by atoms with E-state index in [1.165, 1.54) is 11.1 Å². The van der Waals surface area contributed by atoms with Crippen molar-refractivity contribution >= 4 is 44.8 Å². The van der Waals surface area contributed by atoms with Gasteiger partial charge >= 0.3 is 0 Å². The lowest BCUT2D eigenvalue weighted by atomic mass is 9.66. The lowest BCUT2D eigenvalue weighted by molar-refractivity contribution is -0.0673. The van der Waals surface area contributed by atoms with Crippen LogP contribution >= 0.6 is 0 Å². The van der Waals surface area contributed by atoms with E-state index in [4.69, 9.17) is 19.5 Å². The van der Waals surface area contributed by atoms with Gasteiger partial charge in [0.05, 0.1) is 22.4 Å². The zero-order chi connectivity index (χ0) is 45.8. The Morgan fingerprint density at radius 3 is 2.06 bits per heavy atom. The molecule has 0 unspecified atom stereocenters. The summed E-state index contributed by atoms with van der Waals surface area (Å²) in [6, 6.07) is 32.6. The second-order valence-corrected chi connectivity index (χ2v) is 21.4. The normalized spacial score (nSPS) is 20.8. The van der Waals surface area contributed by atoms with Crippen LogP contribution in [0.5, 0.6) is 11.5 Å². The van der Waals surface area contributed by atoms with Crippen molar-refractivity contribution in [2.75, 3.05) is 4.90 Å². The summed E-state index contributed by atoms with van der Waals surface area (Å²) in [7, 11) is 0. The van der Waals surface area contributed by atoms with Crippen molar-refractivity contribution in [3.63, 3.8) is 0 Å². The summed E-state index contributed by atoms with van der Waals surface area (Å²) >= 11 is 0. The summed E-state index contributed by atoms with van der Waals surface area (Å²) in [5, 5.41) is 2.22. The second-order valence-electron chi connectivity index (χ2n) is 21.4. The maximum atomic E-state index is 9.95. The number of aliphatic imine (C=N–C) groups is 1. The number of anilines is 3. The molecule has 2 aromatic heterocycles. The predicted octanol–water partition coefficient (Wildman–Crippen LogP) is 14.6. The van der Waals surface area contributed by atoms with Crippen molar-refractivity contribution < 1.29 is 12.2 Å². The Morgan fingerprint density at radius 2 is 1.34 bits per heavy atom. The molecule has 0 saturated carbocycles. The van der Waals surface area contributed by atoms with Crippen LogP contribution < -0.4 is 9.64 Å². The maximum Gasteiger partial charge on any atom is 0.217 e. The molecule has 316 valence electrons. The number of hydrogen-bond acceptors (Lipinski definition) is 5. The van der Waals surface area contributed by atoms with Crippen LogP contribution in [0.3, 0.4) is 0 Å². The minimum absolute atomic E-state index is 0.0609. The number of aromatic nitrogens is 2. The molecular formula is C56H60N4O2. The zero-order valence-corrected chi connectivity index (χ0v) is 38.8. The quantitative estimate of drug-likeness (QED) is 0.178. The van der Waals surface area contributed by atoms with E-state index in [9.17, 15) is 2.74 Å². The molecule has 7 aromatic rings. The third kappa shape index (κ3) is 5.88. The molecule has 3 aliphatic rings. The Hall–Kier alpha value is -5.88. The van der Waals surface area contributed by atoms with Gasteiger partial charge in [0.15, 0.2) is 11.5 Å². The van der Waals surface area contributed by atoms with Gasteiger partial charge in [-0.1, -0.05) is 92.1 Å². The van der Waals surface area contributed by atoms with Crippen molar-refractivity contribution in [1.82, 2.24) is 9.55 Å². The molecule has 10 rings (SSSR count). The first-order valence-corrected chi connectivity index (χ1v) is 22.1. The monoisotopic (exact) mass is 822 g/mol. The van der Waals surface area contributed by atoms with Gasteiger partial charge in [0, 0.05) is 42.7 Å². The number of pyridine rings is 1. The van der Waals surface area contributed by atoms with E-state index in [1.54, 1.807) is 0 Å². The van der Waals surface area contributed by atoms with Crippen molar-refractivity contribution in [1.29, 1.82) is 0 Å². The van der Waals surface area contributed by atoms with Crippen LogP contribution in [-0.4, -0.2) is 21.0 Å². The molecule has 1 aliphatic carbocycles. The Bertz CT molecular complexity index is 3180. The molecule has 0 spiro atoms. The van der Waals surface area contributed by atoms with E-state index in [-0.39, 0.29) is 10.8 Å². The molecule has 6 nitrogen and oxygen atoms in total. The topological polar surface area (TPSA) is 51.9 Å². The van der Waals surface area contributed by atoms with Gasteiger partial charge < -0.3 is 14.4 Å². The molecule has 6 heteroatoms. The first-order valence-electron chi connectivity index (χ1n) is 23.1. The molecule has 5 aromatic carbocycles. The number of rotatable bonds is 3. The van der Waals surface area contributed by atoms with Crippen molar-refractivity contribution in [2.24, 2.45) is 10.4 Å². The van der Waals surface area contributed by atoms with Gasteiger partial charge in [-0.2, -0.15) is 0 Å². The molecular weight excluding hydrogens is 761 g/mol. The molecule has 0 N–H and O–H groups in total. The first kappa shape index (κ1) is 37.8. The predicted molar refractivity (Wildman–Crippen MR) is 257 cm³/mol. The van der Waals surface area contributed by atoms with Crippen LogP contribution in [-0.2, 0) is 27.5 Å². The number of fused-ring (bicyclic) bond motifs is 8. The molecule has 2 aliphatic heterocycles. The maximum absolute atomic E-state index is 9.95. The Balaban J connectivity index is 1.23. The summed E-state index contributed by atoms with van der Waals surface area (Å²) < 4.78 is 36.4. The molecule has 0 amide bonds. The highest BCUT2D eigenvalue weighted by Gasteiger charge is 2.66. The largest absolute Gasteiger partial charge is 0.467 e. The van der Waals surface area contributed by atoms with Gasteiger partial charge in [0.2, 0.25) is 5.90 Å². The van der Waals surface area contributed by atoms with Crippen molar-refractivity contribution in [3.05, 3.63) is 147 Å². The van der Waals surface area contributed by atoms with E-state index >= 15 is 0 Å². The van der Waals surface area contributed by atoms with E-state index in [2.05, 4.69) is 191 Å². The molecule has 0 fully saturated rings. The van der Waals surface area contributed by atoms with Crippen molar-refractivity contribution in [3.8, 4) is 17.3 Å². The smallest absolute Gasteiger partial charge is 0.217 e. The molecule has 2 atom stereocenters. The van der Waals surface area contributed by atoms with E-state index in [1.807, 2.05) is 12.3 Å². The standard InChI is InChI=1S/C56H60N4O2/c1-32-15-17-44-41(21-32)42-29-49-47(30-46(42)60(44)50-28-38(19-20-57-50)52(5,6)7)59(45-18-16-33(2)22-48(45)61-49)40-26-36(25-39(27-40)53(8,9)10)51-58-55(14)43-24-35(4)34(3)23-37(43)31-56(55,62-51)54(11,12)13/h15-30H,31H2,1-14H3/t55-,56-/m1/s1/i31D2. The summed E-state index contributed by atoms with van der Waals surface area (Å²) in [6.45, 7) is 30.1. The molecule has 0 bridgehead atoms. The van der Waals surface area contributed by atoms with Gasteiger partial charge in [0.1, 0.15) is 17.0 Å². The van der Waals surface area contributed by atoms with Crippen LogP contribution in [0.25, 0.3) is 27.6 Å². The lowest BCUT2D eigenvalue weighted by Gasteiger charge is -2.45. The Morgan fingerprint density at radius 1 is 0.661 bits per heavy atom. The molecule has 0 saturated heterocycles. The summed E-state index contributed by atoms with van der Waals surface area (Å²) in [5.41, 5.74) is 10.7. The average Bonchev–Trinajstić information content (AvgIpc) is 3.76. The minimum atomic E-state index is -1.84. The average molecular weight is 823 g/mol. The lowest BCUT2D eigenvalue weighted by Crippen LogP contribution is -2.54. The molecule has 62 heavy (non-hydrogen) atoms. The third-order valence-electron chi connectivity index (χ3n) is 13.7. The van der Waals surface area contributed by atoms with Crippen LogP contribution in [0.1, 0.15) is 122 Å².